The van der Waals surface area contributed by atoms with Crippen molar-refractivity contribution in [2.75, 3.05) is 6.54 Å². The number of nitrogens with one attached hydrogen (secondary N) is 2. The molecule has 3 rings (SSSR count). The van der Waals surface area contributed by atoms with Gasteiger partial charge in [0.1, 0.15) is 5.76 Å². The average Bonchev–Trinajstić information content (AvgIpc) is 3.40. The first kappa shape index (κ1) is 18.9. The van der Waals surface area contributed by atoms with Crippen molar-refractivity contribution in [2.24, 2.45) is 0 Å². The third kappa shape index (κ3) is 4.27. The van der Waals surface area contributed by atoms with Crippen LogP contribution >= 0.6 is 11.3 Å². The Balaban J connectivity index is 1.65. The Hall–Kier alpha value is -2.90. The van der Waals surface area contributed by atoms with E-state index in [0.717, 1.165) is 5.56 Å². The lowest BCUT2D eigenvalue weighted by atomic mass is 9.98. The molecule has 140 valence electrons. The molecule has 1 aromatic carbocycles. The fraction of sp³-hybridized carbons (Fsp3) is 0.200. The quantitative estimate of drug-likeness (QED) is 0.570. The van der Waals surface area contributed by atoms with Crippen LogP contribution in [0.15, 0.2) is 70.7 Å². The van der Waals surface area contributed by atoms with Crippen LogP contribution in [0.1, 0.15) is 29.2 Å². The van der Waals surface area contributed by atoms with E-state index >= 15 is 0 Å². The SMILES string of the molecule is C[C@@H](NC(=O)C(=O)NC[C@@](O)(c1ccco1)c1cccs1)c1ccccc1. The van der Waals surface area contributed by atoms with Crippen LogP contribution in [0.4, 0.5) is 0 Å². The summed E-state index contributed by atoms with van der Waals surface area (Å²) in [7, 11) is 0. The number of carbonyl (C=O) groups is 2. The number of thiophene rings is 1. The highest BCUT2D eigenvalue weighted by Gasteiger charge is 2.36. The molecule has 0 aliphatic heterocycles. The van der Waals surface area contributed by atoms with Crippen molar-refractivity contribution in [1.82, 2.24) is 10.6 Å². The van der Waals surface area contributed by atoms with Crippen LogP contribution < -0.4 is 10.6 Å². The van der Waals surface area contributed by atoms with Crippen molar-refractivity contribution in [3.05, 3.63) is 82.4 Å². The first-order valence-corrected chi connectivity index (χ1v) is 9.32. The summed E-state index contributed by atoms with van der Waals surface area (Å²) in [5, 5.41) is 18.1. The van der Waals surface area contributed by atoms with Gasteiger partial charge in [-0.1, -0.05) is 36.4 Å². The van der Waals surface area contributed by atoms with Crippen LogP contribution in [0.2, 0.25) is 0 Å². The van der Waals surface area contributed by atoms with Gasteiger partial charge in [0, 0.05) is 4.88 Å². The molecule has 3 N–H and O–H groups in total. The number of aliphatic hydroxyl groups is 1. The van der Waals surface area contributed by atoms with E-state index in [1.54, 1.807) is 31.2 Å². The van der Waals surface area contributed by atoms with E-state index in [4.69, 9.17) is 4.42 Å². The lowest BCUT2D eigenvalue weighted by molar-refractivity contribution is -0.140. The van der Waals surface area contributed by atoms with Gasteiger partial charge in [0.05, 0.1) is 18.8 Å². The van der Waals surface area contributed by atoms with Crippen LogP contribution in [-0.4, -0.2) is 23.5 Å². The van der Waals surface area contributed by atoms with Crippen LogP contribution in [0.5, 0.6) is 0 Å². The molecule has 0 radical (unpaired) electrons. The summed E-state index contributed by atoms with van der Waals surface area (Å²) in [6.45, 7) is 1.61. The number of carbonyl (C=O) groups excluding carboxylic acids is 2. The Morgan fingerprint density at radius 1 is 1.11 bits per heavy atom. The average molecular weight is 384 g/mol. The molecule has 2 atom stereocenters. The van der Waals surface area contributed by atoms with Gasteiger partial charge >= 0.3 is 11.8 Å². The van der Waals surface area contributed by atoms with Gasteiger partial charge in [-0.05, 0) is 36.1 Å². The van der Waals surface area contributed by atoms with Gasteiger partial charge in [0.2, 0.25) is 0 Å². The van der Waals surface area contributed by atoms with Crippen molar-refractivity contribution in [1.29, 1.82) is 0 Å². The summed E-state index contributed by atoms with van der Waals surface area (Å²) in [6, 6.07) is 15.9. The minimum absolute atomic E-state index is 0.188. The molecule has 0 spiro atoms. The van der Waals surface area contributed by atoms with Gasteiger partial charge in [-0.15, -0.1) is 11.3 Å². The number of amides is 2. The van der Waals surface area contributed by atoms with E-state index < -0.39 is 17.4 Å². The van der Waals surface area contributed by atoms with Gasteiger partial charge in [-0.2, -0.15) is 0 Å². The zero-order chi connectivity index (χ0) is 19.3. The summed E-state index contributed by atoms with van der Waals surface area (Å²) < 4.78 is 5.34. The molecule has 0 aliphatic carbocycles. The predicted octanol–water partition coefficient (Wildman–Crippen LogP) is 2.57. The molecule has 0 aliphatic rings. The molecule has 7 heteroatoms. The molecule has 2 aromatic heterocycles. The highest BCUT2D eigenvalue weighted by atomic mass is 32.1. The van der Waals surface area contributed by atoms with Gasteiger partial charge in [-0.3, -0.25) is 9.59 Å². The van der Waals surface area contributed by atoms with Crippen LogP contribution in [0.3, 0.4) is 0 Å². The number of furan rings is 1. The minimum Gasteiger partial charge on any atom is -0.466 e. The molecule has 27 heavy (non-hydrogen) atoms. The van der Waals surface area contributed by atoms with Crippen molar-refractivity contribution in [2.45, 2.75) is 18.6 Å². The van der Waals surface area contributed by atoms with E-state index in [2.05, 4.69) is 10.6 Å². The first-order chi connectivity index (χ1) is 13.0. The maximum atomic E-state index is 12.2. The monoisotopic (exact) mass is 384 g/mol. The number of hydrogen-bond donors (Lipinski definition) is 3. The Morgan fingerprint density at radius 3 is 2.52 bits per heavy atom. The summed E-state index contributed by atoms with van der Waals surface area (Å²) >= 11 is 1.33. The molecule has 3 aromatic rings. The first-order valence-electron chi connectivity index (χ1n) is 8.44. The van der Waals surface area contributed by atoms with E-state index in [9.17, 15) is 14.7 Å². The molecule has 0 saturated carbocycles. The maximum absolute atomic E-state index is 12.2. The van der Waals surface area contributed by atoms with Gasteiger partial charge in [-0.25, -0.2) is 0 Å². The van der Waals surface area contributed by atoms with Crippen molar-refractivity contribution < 1.29 is 19.1 Å². The lowest BCUT2D eigenvalue weighted by Gasteiger charge is -2.25. The molecular formula is C20H20N2O4S. The topological polar surface area (TPSA) is 91.6 Å². The van der Waals surface area contributed by atoms with E-state index in [-0.39, 0.29) is 12.6 Å². The summed E-state index contributed by atoms with van der Waals surface area (Å²) in [4.78, 5) is 25.0. The summed E-state index contributed by atoms with van der Waals surface area (Å²) in [5.74, 6) is -1.29. The zero-order valence-corrected chi connectivity index (χ0v) is 15.5. The van der Waals surface area contributed by atoms with Crippen molar-refractivity contribution >= 4 is 23.2 Å². The fourth-order valence-corrected chi connectivity index (χ4v) is 3.53. The molecule has 2 amide bonds. The molecule has 0 fully saturated rings. The standard InChI is InChI=1S/C20H20N2O4S/c1-14(15-7-3-2-4-8-15)22-19(24)18(23)21-13-20(25,16-9-5-11-26-16)17-10-6-12-27-17/h2-12,14,25H,13H2,1H3,(H,21,23)(H,22,24)/t14-,20-/m1/s1. The maximum Gasteiger partial charge on any atom is 0.309 e. The Bertz CT molecular complexity index is 842. The van der Waals surface area contributed by atoms with E-state index in [1.807, 2.05) is 35.7 Å². The number of hydrogen-bond acceptors (Lipinski definition) is 5. The number of rotatable bonds is 6. The fourth-order valence-electron chi connectivity index (χ4n) is 2.70. The zero-order valence-electron chi connectivity index (χ0n) is 14.7. The van der Waals surface area contributed by atoms with Gasteiger partial charge in [0.15, 0.2) is 5.60 Å². The second kappa shape index (κ2) is 8.20. The van der Waals surface area contributed by atoms with Crippen molar-refractivity contribution in [3.8, 4) is 0 Å². The second-order valence-electron chi connectivity index (χ2n) is 6.10. The van der Waals surface area contributed by atoms with Crippen LogP contribution in [-0.2, 0) is 15.2 Å². The lowest BCUT2D eigenvalue weighted by Crippen LogP contribution is -2.47. The molecular weight excluding hydrogens is 364 g/mol. The highest BCUT2D eigenvalue weighted by molar-refractivity contribution is 7.10. The Labute approximate surface area is 160 Å². The van der Waals surface area contributed by atoms with E-state index in [1.165, 1.54) is 17.6 Å². The van der Waals surface area contributed by atoms with Gasteiger partial charge < -0.3 is 20.2 Å². The molecule has 2 heterocycles. The largest absolute Gasteiger partial charge is 0.466 e. The normalized spacial score (nSPS) is 14.1. The van der Waals surface area contributed by atoms with Crippen LogP contribution in [0, 0.1) is 0 Å². The number of benzene rings is 1. The molecule has 0 bridgehead atoms. The predicted molar refractivity (Wildman–Crippen MR) is 102 cm³/mol. The minimum atomic E-state index is -1.54. The Kier molecular flexibility index (Phi) is 5.73. The summed E-state index contributed by atoms with van der Waals surface area (Å²) in [6.07, 6.45) is 1.45. The smallest absolute Gasteiger partial charge is 0.309 e. The second-order valence-corrected chi connectivity index (χ2v) is 7.05. The van der Waals surface area contributed by atoms with Crippen LogP contribution in [0.25, 0.3) is 0 Å². The third-order valence-corrected chi connectivity index (χ3v) is 5.24. The third-order valence-electron chi connectivity index (χ3n) is 4.22. The molecule has 0 unspecified atom stereocenters. The Morgan fingerprint density at radius 2 is 1.89 bits per heavy atom. The van der Waals surface area contributed by atoms with Gasteiger partial charge in [0.25, 0.3) is 0 Å². The highest BCUT2D eigenvalue weighted by Crippen LogP contribution is 2.32. The van der Waals surface area contributed by atoms with E-state index in [0.29, 0.717) is 10.6 Å². The van der Waals surface area contributed by atoms with Crippen molar-refractivity contribution in [3.63, 3.8) is 0 Å². The molecule has 6 nitrogen and oxygen atoms in total. The molecule has 0 saturated heterocycles. The summed E-state index contributed by atoms with van der Waals surface area (Å²) in [5.41, 5.74) is -0.650.